The van der Waals surface area contributed by atoms with E-state index in [0.717, 1.165) is 40.7 Å². The van der Waals surface area contributed by atoms with Gasteiger partial charge in [-0.3, -0.25) is 4.79 Å². The SMILES string of the molecule is CC1CN(c2ccccc2/C=C2/SCCN(c3ccc4c(c3)OCO4)C2=O)CC(C)N1. The predicted octanol–water partition coefficient (Wildman–Crippen LogP) is 3.72. The van der Waals surface area contributed by atoms with Gasteiger partial charge in [0, 0.05) is 54.9 Å². The largest absolute Gasteiger partial charge is 0.454 e. The summed E-state index contributed by atoms with van der Waals surface area (Å²) in [6, 6.07) is 14.9. The lowest BCUT2D eigenvalue weighted by molar-refractivity contribution is -0.114. The average Bonchev–Trinajstić information content (AvgIpc) is 3.23. The summed E-state index contributed by atoms with van der Waals surface area (Å²) in [4.78, 5) is 18.4. The van der Waals surface area contributed by atoms with E-state index in [1.54, 1.807) is 11.8 Å². The lowest BCUT2D eigenvalue weighted by atomic mass is 10.1. The number of para-hydroxylation sites is 1. The summed E-state index contributed by atoms with van der Waals surface area (Å²) in [6.07, 6.45) is 2.05. The summed E-state index contributed by atoms with van der Waals surface area (Å²) < 4.78 is 10.9. The smallest absolute Gasteiger partial charge is 0.264 e. The van der Waals surface area contributed by atoms with Crippen LogP contribution in [0.25, 0.3) is 6.08 Å². The minimum atomic E-state index is 0.0342. The summed E-state index contributed by atoms with van der Waals surface area (Å²) >= 11 is 1.63. The van der Waals surface area contributed by atoms with Gasteiger partial charge < -0.3 is 24.6 Å². The van der Waals surface area contributed by atoms with Gasteiger partial charge in [-0.1, -0.05) is 18.2 Å². The second-order valence-electron chi connectivity index (χ2n) is 8.28. The van der Waals surface area contributed by atoms with E-state index < -0.39 is 0 Å². The number of piperazine rings is 1. The molecule has 3 aliphatic heterocycles. The maximum Gasteiger partial charge on any atom is 0.264 e. The monoisotopic (exact) mass is 437 g/mol. The summed E-state index contributed by atoms with van der Waals surface area (Å²) in [6.45, 7) is 7.24. The molecule has 2 aromatic carbocycles. The molecule has 0 saturated carbocycles. The first-order valence-corrected chi connectivity index (χ1v) is 11.7. The highest BCUT2D eigenvalue weighted by Crippen LogP contribution is 2.38. The molecule has 2 unspecified atom stereocenters. The zero-order valence-corrected chi connectivity index (χ0v) is 18.7. The van der Waals surface area contributed by atoms with E-state index in [0.29, 0.717) is 24.4 Å². The fraction of sp³-hybridized carbons (Fsp3) is 0.375. The van der Waals surface area contributed by atoms with E-state index >= 15 is 0 Å². The Morgan fingerprint density at radius 2 is 1.84 bits per heavy atom. The minimum Gasteiger partial charge on any atom is -0.454 e. The Kier molecular flexibility index (Phi) is 5.54. The molecule has 0 aromatic heterocycles. The Balaban J connectivity index is 1.43. The first kappa shape index (κ1) is 20.3. The lowest BCUT2D eigenvalue weighted by Crippen LogP contribution is -2.54. The van der Waals surface area contributed by atoms with Gasteiger partial charge in [0.1, 0.15) is 0 Å². The van der Waals surface area contributed by atoms with Crippen molar-refractivity contribution < 1.29 is 14.3 Å². The Labute approximate surface area is 187 Å². The van der Waals surface area contributed by atoms with Crippen molar-refractivity contribution in [3.8, 4) is 11.5 Å². The maximum atomic E-state index is 13.4. The van der Waals surface area contributed by atoms with Crippen LogP contribution in [0.2, 0.25) is 0 Å². The molecule has 1 amide bonds. The highest BCUT2D eigenvalue weighted by molar-refractivity contribution is 8.04. The number of amides is 1. The van der Waals surface area contributed by atoms with Gasteiger partial charge in [0.05, 0.1) is 4.91 Å². The Morgan fingerprint density at radius 3 is 2.68 bits per heavy atom. The molecule has 1 N–H and O–H groups in total. The van der Waals surface area contributed by atoms with Crippen LogP contribution in [0.5, 0.6) is 11.5 Å². The third kappa shape index (κ3) is 4.12. The number of benzene rings is 2. The van der Waals surface area contributed by atoms with E-state index in [2.05, 4.69) is 48.3 Å². The zero-order valence-electron chi connectivity index (χ0n) is 17.8. The van der Waals surface area contributed by atoms with E-state index in [9.17, 15) is 4.79 Å². The van der Waals surface area contributed by atoms with Crippen LogP contribution in [0.15, 0.2) is 47.4 Å². The van der Waals surface area contributed by atoms with Gasteiger partial charge in [0.25, 0.3) is 5.91 Å². The van der Waals surface area contributed by atoms with Crippen molar-refractivity contribution in [2.24, 2.45) is 0 Å². The van der Waals surface area contributed by atoms with Crippen molar-refractivity contribution in [2.45, 2.75) is 25.9 Å². The summed E-state index contributed by atoms with van der Waals surface area (Å²) in [5.74, 6) is 2.32. The number of anilines is 2. The van der Waals surface area contributed by atoms with E-state index in [-0.39, 0.29) is 12.7 Å². The number of carbonyl (C=O) groups excluding carboxylic acids is 1. The third-order valence-corrected chi connectivity index (χ3v) is 6.81. The number of rotatable bonds is 3. The van der Waals surface area contributed by atoms with E-state index in [4.69, 9.17) is 9.47 Å². The Morgan fingerprint density at radius 1 is 1.06 bits per heavy atom. The number of nitrogens with zero attached hydrogens (tertiary/aromatic N) is 2. The van der Waals surface area contributed by atoms with Gasteiger partial charge in [0.2, 0.25) is 6.79 Å². The predicted molar refractivity (Wildman–Crippen MR) is 126 cm³/mol. The van der Waals surface area contributed by atoms with E-state index in [1.165, 1.54) is 5.69 Å². The molecule has 2 atom stereocenters. The minimum absolute atomic E-state index is 0.0342. The molecule has 2 aromatic rings. The number of fused-ring (bicyclic) bond motifs is 1. The van der Waals surface area contributed by atoms with Crippen LogP contribution in [-0.2, 0) is 4.79 Å². The van der Waals surface area contributed by atoms with Crippen molar-refractivity contribution in [2.75, 3.05) is 42.0 Å². The standard InChI is InChI=1S/C24H27N3O3S/c1-16-13-26(14-17(2)25-16)20-6-4-3-5-18(20)11-23-24(28)27(9-10-31-23)19-7-8-21-22(12-19)30-15-29-21/h3-8,11-12,16-17,25H,9-10,13-15H2,1-2H3/b23-11+. The molecule has 7 heteroatoms. The molecule has 5 rings (SSSR count). The summed E-state index contributed by atoms with van der Waals surface area (Å²) in [5, 5.41) is 3.59. The molecule has 0 bridgehead atoms. The van der Waals surface area contributed by atoms with Crippen molar-refractivity contribution in [1.82, 2.24) is 5.32 Å². The number of thioether (sulfide) groups is 1. The van der Waals surface area contributed by atoms with Gasteiger partial charge in [-0.2, -0.15) is 0 Å². The Hall–Kier alpha value is -2.64. The number of nitrogens with one attached hydrogen (secondary N) is 1. The molecule has 3 aliphatic rings. The number of hydrogen-bond acceptors (Lipinski definition) is 6. The van der Waals surface area contributed by atoms with Crippen LogP contribution in [0.3, 0.4) is 0 Å². The van der Waals surface area contributed by atoms with Crippen LogP contribution in [0, 0.1) is 0 Å². The first-order valence-electron chi connectivity index (χ1n) is 10.7. The zero-order chi connectivity index (χ0) is 21.4. The van der Waals surface area contributed by atoms with Crippen LogP contribution < -0.4 is 24.6 Å². The highest BCUT2D eigenvalue weighted by atomic mass is 32.2. The van der Waals surface area contributed by atoms with Crippen LogP contribution in [-0.4, -0.2) is 50.2 Å². The lowest BCUT2D eigenvalue weighted by Gasteiger charge is -2.38. The second-order valence-corrected chi connectivity index (χ2v) is 9.42. The molecular weight excluding hydrogens is 410 g/mol. The fourth-order valence-electron chi connectivity index (χ4n) is 4.51. The van der Waals surface area contributed by atoms with Crippen molar-refractivity contribution in [3.63, 3.8) is 0 Å². The van der Waals surface area contributed by atoms with Gasteiger partial charge in [-0.05, 0) is 43.7 Å². The highest BCUT2D eigenvalue weighted by Gasteiger charge is 2.28. The molecule has 6 nitrogen and oxygen atoms in total. The topological polar surface area (TPSA) is 54.0 Å². The Bertz CT molecular complexity index is 1010. The summed E-state index contributed by atoms with van der Waals surface area (Å²) in [5.41, 5.74) is 3.12. The number of ether oxygens (including phenoxy) is 2. The number of carbonyl (C=O) groups is 1. The van der Waals surface area contributed by atoms with Gasteiger partial charge >= 0.3 is 0 Å². The van der Waals surface area contributed by atoms with Crippen molar-refractivity contribution in [1.29, 1.82) is 0 Å². The van der Waals surface area contributed by atoms with Gasteiger partial charge in [-0.15, -0.1) is 11.8 Å². The summed E-state index contributed by atoms with van der Waals surface area (Å²) in [7, 11) is 0. The fourth-order valence-corrected chi connectivity index (χ4v) is 5.45. The quantitative estimate of drug-likeness (QED) is 0.739. The van der Waals surface area contributed by atoms with E-state index in [1.807, 2.05) is 29.2 Å². The normalized spacial score (nSPS) is 24.7. The van der Waals surface area contributed by atoms with Crippen LogP contribution in [0.4, 0.5) is 11.4 Å². The molecule has 3 heterocycles. The third-order valence-electron chi connectivity index (χ3n) is 5.82. The molecule has 0 radical (unpaired) electrons. The second kappa shape index (κ2) is 8.48. The molecule has 0 spiro atoms. The average molecular weight is 438 g/mol. The maximum absolute atomic E-state index is 13.4. The van der Waals surface area contributed by atoms with Crippen molar-refractivity contribution >= 4 is 35.1 Å². The molecule has 31 heavy (non-hydrogen) atoms. The van der Waals surface area contributed by atoms with Crippen LogP contribution >= 0.6 is 11.8 Å². The molecule has 162 valence electrons. The van der Waals surface area contributed by atoms with Gasteiger partial charge in [0.15, 0.2) is 11.5 Å². The van der Waals surface area contributed by atoms with Crippen molar-refractivity contribution in [3.05, 3.63) is 52.9 Å². The van der Waals surface area contributed by atoms with Crippen LogP contribution in [0.1, 0.15) is 19.4 Å². The first-order chi connectivity index (χ1) is 15.1. The molecular formula is C24H27N3O3S. The van der Waals surface area contributed by atoms with Gasteiger partial charge in [-0.25, -0.2) is 0 Å². The number of hydrogen-bond donors (Lipinski definition) is 1. The molecule has 0 aliphatic carbocycles. The molecule has 2 saturated heterocycles. The molecule has 2 fully saturated rings.